The molecule has 0 bridgehead atoms. The summed E-state index contributed by atoms with van der Waals surface area (Å²) in [6.07, 6.45) is 5.43. The molecule has 158 valence electrons. The van der Waals surface area contributed by atoms with E-state index < -0.39 is 8.32 Å². The third kappa shape index (κ3) is 4.73. The number of nitrogens with one attached hydrogen (secondary N) is 1. The molecular formula is C23H29N3O3Si. The van der Waals surface area contributed by atoms with E-state index in [1.807, 2.05) is 42.5 Å². The predicted octanol–water partition coefficient (Wildman–Crippen LogP) is 5.12. The van der Waals surface area contributed by atoms with Gasteiger partial charge in [-0.2, -0.15) is 0 Å². The van der Waals surface area contributed by atoms with E-state index in [0.29, 0.717) is 17.3 Å². The van der Waals surface area contributed by atoms with Gasteiger partial charge >= 0.3 is 0 Å². The number of pyridine rings is 1. The zero-order valence-electron chi connectivity index (χ0n) is 18.4. The maximum Gasteiger partial charge on any atom is 0.273 e. The minimum absolute atomic E-state index is 0.100. The Bertz CT molecular complexity index is 1090. The van der Waals surface area contributed by atoms with Gasteiger partial charge in [0.25, 0.3) is 13.9 Å². The van der Waals surface area contributed by atoms with Gasteiger partial charge in [0.1, 0.15) is 5.75 Å². The van der Waals surface area contributed by atoms with Crippen LogP contribution in [0.1, 0.15) is 32.0 Å². The molecule has 6 nitrogen and oxygen atoms in total. The van der Waals surface area contributed by atoms with Crippen molar-refractivity contribution in [1.82, 2.24) is 14.8 Å². The number of aromatic amines is 1. The normalized spacial score (nSPS) is 12.3. The van der Waals surface area contributed by atoms with Gasteiger partial charge in [-0.05, 0) is 54.0 Å². The van der Waals surface area contributed by atoms with E-state index in [9.17, 15) is 4.79 Å². The van der Waals surface area contributed by atoms with Gasteiger partial charge in [-0.1, -0.05) is 39.0 Å². The summed E-state index contributed by atoms with van der Waals surface area (Å²) < 4.78 is 13.4. The first kappa shape index (κ1) is 21.6. The van der Waals surface area contributed by atoms with Crippen LogP contribution in [-0.4, -0.2) is 30.2 Å². The molecule has 0 fully saturated rings. The molecule has 3 rings (SSSR count). The van der Waals surface area contributed by atoms with E-state index in [1.165, 1.54) is 10.7 Å². The van der Waals surface area contributed by atoms with Crippen molar-refractivity contribution in [3.8, 4) is 17.3 Å². The summed E-state index contributed by atoms with van der Waals surface area (Å²) in [5.74, 6) is 2.01. The van der Waals surface area contributed by atoms with Gasteiger partial charge in [-0.15, -0.1) is 0 Å². The molecule has 3 aromatic rings. The molecule has 2 aromatic heterocycles. The van der Waals surface area contributed by atoms with Crippen molar-refractivity contribution in [3.05, 3.63) is 70.3 Å². The zero-order valence-corrected chi connectivity index (χ0v) is 19.4. The summed E-state index contributed by atoms with van der Waals surface area (Å²) in [7, 11) is -0.320. The van der Waals surface area contributed by atoms with Crippen LogP contribution in [0.25, 0.3) is 18.0 Å². The third-order valence-electron chi connectivity index (χ3n) is 5.43. The second-order valence-corrected chi connectivity index (χ2v) is 13.4. The van der Waals surface area contributed by atoms with E-state index in [4.69, 9.17) is 9.16 Å². The molecule has 0 amide bonds. The Kier molecular flexibility index (Phi) is 6.03. The lowest BCUT2D eigenvalue weighted by molar-refractivity contribution is 0.386. The molecule has 1 aromatic carbocycles. The Balaban J connectivity index is 1.83. The Morgan fingerprint density at radius 3 is 2.47 bits per heavy atom. The molecule has 30 heavy (non-hydrogen) atoms. The Morgan fingerprint density at radius 1 is 1.07 bits per heavy atom. The molecular weight excluding hydrogens is 394 g/mol. The average Bonchev–Trinajstić information content (AvgIpc) is 3.07. The molecule has 0 atom stereocenters. The summed E-state index contributed by atoms with van der Waals surface area (Å²) in [6.45, 7) is 11.0. The number of methoxy groups -OCH3 is 1. The molecule has 0 radical (unpaired) electrons. The number of benzene rings is 1. The van der Waals surface area contributed by atoms with Gasteiger partial charge in [0.05, 0.1) is 12.8 Å². The second kappa shape index (κ2) is 8.35. The van der Waals surface area contributed by atoms with Crippen molar-refractivity contribution < 1.29 is 9.16 Å². The fourth-order valence-corrected chi connectivity index (χ4v) is 3.67. The quantitative estimate of drug-likeness (QED) is 0.559. The lowest BCUT2D eigenvalue weighted by Crippen LogP contribution is -2.43. The first-order valence-electron chi connectivity index (χ1n) is 9.89. The first-order valence-corrected chi connectivity index (χ1v) is 12.8. The molecule has 7 heteroatoms. The van der Waals surface area contributed by atoms with Gasteiger partial charge in [-0.3, -0.25) is 9.89 Å². The molecule has 0 saturated heterocycles. The molecule has 0 aliphatic rings. The SMILES string of the molecule is COc1cc(C=Cc2cc(=O)n(-c3ccccn3)[nH]2)ccc1O[Si](C)(C)C(C)(C)C. The number of ether oxygens (including phenoxy) is 1. The highest BCUT2D eigenvalue weighted by Gasteiger charge is 2.39. The van der Waals surface area contributed by atoms with Crippen LogP contribution in [0.15, 0.2) is 53.5 Å². The van der Waals surface area contributed by atoms with Crippen molar-refractivity contribution in [1.29, 1.82) is 0 Å². The molecule has 1 N–H and O–H groups in total. The predicted molar refractivity (Wildman–Crippen MR) is 124 cm³/mol. The summed E-state index contributed by atoms with van der Waals surface area (Å²) in [4.78, 5) is 16.4. The summed E-state index contributed by atoms with van der Waals surface area (Å²) in [5, 5.41) is 3.16. The van der Waals surface area contributed by atoms with E-state index in [1.54, 1.807) is 19.4 Å². The number of aromatic nitrogens is 3. The molecule has 2 heterocycles. The lowest BCUT2D eigenvalue weighted by Gasteiger charge is -2.36. The van der Waals surface area contributed by atoms with E-state index in [-0.39, 0.29) is 10.6 Å². The van der Waals surface area contributed by atoms with Crippen LogP contribution in [0, 0.1) is 0 Å². The van der Waals surface area contributed by atoms with Crippen molar-refractivity contribution in [2.24, 2.45) is 0 Å². The van der Waals surface area contributed by atoms with Crippen LogP contribution in [0.3, 0.4) is 0 Å². The van der Waals surface area contributed by atoms with Crippen molar-refractivity contribution in [2.45, 2.75) is 38.9 Å². The van der Waals surface area contributed by atoms with Gasteiger partial charge in [0.2, 0.25) is 0 Å². The standard InChI is InChI=1S/C23H29N3O3Si/c1-23(2,3)30(5,6)29-19-13-11-17(15-20(19)28-4)10-12-18-16-22(27)26(25-18)21-9-7-8-14-24-21/h7-16,25H,1-6H3. The van der Waals surface area contributed by atoms with Crippen LogP contribution in [0.5, 0.6) is 11.5 Å². The Morgan fingerprint density at radius 2 is 1.83 bits per heavy atom. The van der Waals surface area contributed by atoms with Crippen LogP contribution in [0.2, 0.25) is 18.1 Å². The average molecular weight is 424 g/mol. The van der Waals surface area contributed by atoms with Crippen LogP contribution in [-0.2, 0) is 0 Å². The number of H-pyrrole nitrogens is 1. The van der Waals surface area contributed by atoms with Crippen LogP contribution >= 0.6 is 0 Å². The topological polar surface area (TPSA) is 69.1 Å². The number of rotatable bonds is 6. The number of nitrogens with zero attached hydrogens (tertiary/aromatic N) is 2. The Hall–Kier alpha value is -3.06. The van der Waals surface area contributed by atoms with Gasteiger partial charge in [0, 0.05) is 12.3 Å². The fraction of sp³-hybridized carbons (Fsp3) is 0.304. The molecule has 0 unspecified atom stereocenters. The highest BCUT2D eigenvalue weighted by molar-refractivity contribution is 6.74. The monoisotopic (exact) mass is 423 g/mol. The van der Waals surface area contributed by atoms with Crippen LogP contribution < -0.4 is 14.7 Å². The molecule has 0 aliphatic carbocycles. The van der Waals surface area contributed by atoms with Crippen molar-refractivity contribution in [2.75, 3.05) is 7.11 Å². The maximum absolute atomic E-state index is 12.2. The highest BCUT2D eigenvalue weighted by Crippen LogP contribution is 2.40. The summed E-state index contributed by atoms with van der Waals surface area (Å²) >= 11 is 0. The summed E-state index contributed by atoms with van der Waals surface area (Å²) in [5.41, 5.74) is 1.47. The lowest BCUT2D eigenvalue weighted by atomic mass is 10.2. The van der Waals surface area contributed by atoms with Crippen molar-refractivity contribution in [3.63, 3.8) is 0 Å². The van der Waals surface area contributed by atoms with Gasteiger partial charge < -0.3 is 9.16 Å². The zero-order chi connectivity index (χ0) is 21.9. The van der Waals surface area contributed by atoms with Crippen molar-refractivity contribution >= 4 is 20.5 Å². The summed E-state index contributed by atoms with van der Waals surface area (Å²) in [6, 6.07) is 12.8. The third-order valence-corrected chi connectivity index (χ3v) is 9.78. The highest BCUT2D eigenvalue weighted by atomic mass is 28.4. The number of hydrogen-bond donors (Lipinski definition) is 1. The number of hydrogen-bond acceptors (Lipinski definition) is 4. The minimum Gasteiger partial charge on any atom is -0.541 e. The van der Waals surface area contributed by atoms with E-state index in [0.717, 1.165) is 11.3 Å². The fourth-order valence-electron chi connectivity index (χ4n) is 2.64. The largest absolute Gasteiger partial charge is 0.541 e. The molecule has 0 aliphatic heterocycles. The van der Waals surface area contributed by atoms with Gasteiger partial charge in [-0.25, -0.2) is 9.67 Å². The first-order chi connectivity index (χ1) is 14.1. The smallest absolute Gasteiger partial charge is 0.273 e. The molecule has 0 saturated carbocycles. The minimum atomic E-state index is -1.96. The van der Waals surface area contributed by atoms with Gasteiger partial charge in [0.15, 0.2) is 11.6 Å². The van der Waals surface area contributed by atoms with Crippen LogP contribution in [0.4, 0.5) is 0 Å². The molecule has 0 spiro atoms. The Labute approximate surface area is 178 Å². The van der Waals surface area contributed by atoms with E-state index >= 15 is 0 Å². The second-order valence-electron chi connectivity index (χ2n) is 8.68. The van der Waals surface area contributed by atoms with E-state index in [2.05, 4.69) is 43.9 Å². The maximum atomic E-state index is 12.2.